The molecule has 1 aliphatic rings. The van der Waals surface area contributed by atoms with E-state index in [0.29, 0.717) is 0 Å². The molecule has 83 valence electrons. The van der Waals surface area contributed by atoms with Crippen LogP contribution in [0.4, 0.5) is 0 Å². The second kappa shape index (κ2) is 3.58. The van der Waals surface area contributed by atoms with Crippen molar-refractivity contribution in [2.24, 2.45) is 0 Å². The fourth-order valence-corrected chi connectivity index (χ4v) is 2.75. The highest BCUT2D eigenvalue weighted by molar-refractivity contribution is 6.08. The van der Waals surface area contributed by atoms with Gasteiger partial charge in [0.25, 0.3) is 0 Å². The zero-order valence-electron chi connectivity index (χ0n) is 9.85. The van der Waals surface area contributed by atoms with Gasteiger partial charge in [-0.2, -0.15) is 0 Å². The highest BCUT2D eigenvalue weighted by atomic mass is 14.3. The van der Waals surface area contributed by atoms with Crippen LogP contribution in [0.25, 0.3) is 33.4 Å². The normalized spacial score (nSPS) is 11.3. The van der Waals surface area contributed by atoms with Gasteiger partial charge in [0.05, 0.1) is 0 Å². The van der Waals surface area contributed by atoms with Crippen molar-refractivity contribution in [1.82, 2.24) is 0 Å². The third-order valence-electron chi connectivity index (χ3n) is 3.58. The molecule has 0 bridgehead atoms. The van der Waals surface area contributed by atoms with Gasteiger partial charge in [-0.1, -0.05) is 66.7 Å². The summed E-state index contributed by atoms with van der Waals surface area (Å²) >= 11 is 0. The van der Waals surface area contributed by atoms with E-state index in [1.807, 2.05) is 12.1 Å². The van der Waals surface area contributed by atoms with E-state index in [1.54, 1.807) is 0 Å². The maximum atomic E-state index is 3.07. The average Bonchev–Trinajstić information content (AvgIpc) is 2.45. The van der Waals surface area contributed by atoms with Gasteiger partial charge in [0.2, 0.25) is 0 Å². The molecule has 0 aliphatic heterocycles. The fourth-order valence-electron chi connectivity index (χ4n) is 2.75. The van der Waals surface area contributed by atoms with E-state index in [9.17, 15) is 0 Å². The average molecular weight is 227 g/mol. The van der Waals surface area contributed by atoms with Crippen LogP contribution in [0, 0.1) is 6.07 Å². The summed E-state index contributed by atoms with van der Waals surface area (Å²) in [6.07, 6.45) is 0. The molecule has 0 aromatic heterocycles. The summed E-state index contributed by atoms with van der Waals surface area (Å²) in [5.74, 6) is 0. The molecule has 0 amide bonds. The third-order valence-corrected chi connectivity index (χ3v) is 3.58. The monoisotopic (exact) mass is 227 g/mol. The van der Waals surface area contributed by atoms with Crippen LogP contribution in [0.2, 0.25) is 0 Å². The number of fused-ring (bicyclic) bond motifs is 4. The zero-order chi connectivity index (χ0) is 11.9. The lowest BCUT2D eigenvalue weighted by Gasteiger charge is -2.26. The van der Waals surface area contributed by atoms with Crippen molar-refractivity contribution in [3.05, 3.63) is 72.8 Å². The lowest BCUT2D eigenvalue weighted by atomic mass is 9.77. The fraction of sp³-hybridized carbons (Fsp3) is 0. The Hall–Kier alpha value is -2.34. The summed E-state index contributed by atoms with van der Waals surface area (Å²) in [5, 5.41) is 0. The van der Waals surface area contributed by atoms with Crippen molar-refractivity contribution in [3.8, 4) is 33.4 Å². The van der Waals surface area contributed by atoms with Crippen LogP contribution in [0.5, 0.6) is 0 Å². The third kappa shape index (κ3) is 1.20. The van der Waals surface area contributed by atoms with Crippen LogP contribution in [-0.2, 0) is 0 Å². The van der Waals surface area contributed by atoms with Crippen LogP contribution in [0.1, 0.15) is 0 Å². The molecule has 0 nitrogen and oxygen atoms in total. The van der Waals surface area contributed by atoms with Crippen molar-refractivity contribution < 1.29 is 0 Å². The van der Waals surface area contributed by atoms with E-state index in [0.717, 1.165) is 0 Å². The van der Waals surface area contributed by atoms with E-state index in [1.165, 1.54) is 33.4 Å². The van der Waals surface area contributed by atoms with E-state index in [4.69, 9.17) is 0 Å². The highest BCUT2D eigenvalue weighted by Crippen LogP contribution is 2.51. The Morgan fingerprint density at radius 2 is 1.22 bits per heavy atom. The molecule has 0 spiro atoms. The molecule has 0 unspecified atom stereocenters. The highest BCUT2D eigenvalue weighted by Gasteiger charge is 2.24. The first-order valence-corrected chi connectivity index (χ1v) is 6.14. The van der Waals surface area contributed by atoms with Gasteiger partial charge < -0.3 is 0 Å². The minimum Gasteiger partial charge on any atom is -0.0616 e. The van der Waals surface area contributed by atoms with E-state index in [-0.39, 0.29) is 0 Å². The number of hydrogen-bond donors (Lipinski definition) is 0. The zero-order valence-corrected chi connectivity index (χ0v) is 9.85. The minimum atomic E-state index is 1.26. The second-order valence-electron chi connectivity index (χ2n) is 4.56. The SMILES string of the molecule is [c]1ccc(-c2cccc3c2-c2ccccc2-3)cc1. The Labute approximate surface area is 107 Å². The molecule has 4 rings (SSSR count). The Bertz CT molecular complexity index is 709. The van der Waals surface area contributed by atoms with Crippen LogP contribution < -0.4 is 0 Å². The van der Waals surface area contributed by atoms with Crippen molar-refractivity contribution >= 4 is 0 Å². The van der Waals surface area contributed by atoms with E-state index < -0.39 is 0 Å². The topological polar surface area (TPSA) is 0 Å². The van der Waals surface area contributed by atoms with Crippen LogP contribution in [0.3, 0.4) is 0 Å². The van der Waals surface area contributed by atoms with E-state index >= 15 is 0 Å². The van der Waals surface area contributed by atoms with Gasteiger partial charge in [0, 0.05) is 0 Å². The molecule has 0 N–H and O–H groups in total. The van der Waals surface area contributed by atoms with Gasteiger partial charge >= 0.3 is 0 Å². The molecule has 0 saturated heterocycles. The largest absolute Gasteiger partial charge is 0.0616 e. The van der Waals surface area contributed by atoms with Crippen molar-refractivity contribution in [3.63, 3.8) is 0 Å². The molecule has 3 aromatic rings. The molecule has 1 radical (unpaired) electrons. The van der Waals surface area contributed by atoms with Gasteiger partial charge in [-0.3, -0.25) is 0 Å². The van der Waals surface area contributed by atoms with E-state index in [2.05, 4.69) is 60.7 Å². The van der Waals surface area contributed by atoms with Gasteiger partial charge in [-0.05, 0) is 39.4 Å². The minimum absolute atomic E-state index is 1.26. The number of hydrogen-bond acceptors (Lipinski definition) is 0. The molecular formula is C18H11. The number of rotatable bonds is 1. The Balaban J connectivity index is 1.98. The molecule has 0 heterocycles. The summed E-state index contributed by atoms with van der Waals surface area (Å²) in [6, 6.07) is 26.4. The van der Waals surface area contributed by atoms with Gasteiger partial charge in [0.15, 0.2) is 0 Å². The lowest BCUT2D eigenvalue weighted by molar-refractivity contribution is 1.50. The second-order valence-corrected chi connectivity index (χ2v) is 4.56. The molecular weight excluding hydrogens is 216 g/mol. The molecule has 0 heteroatoms. The quantitative estimate of drug-likeness (QED) is 0.438. The van der Waals surface area contributed by atoms with Crippen molar-refractivity contribution in [2.75, 3.05) is 0 Å². The molecule has 1 aliphatic carbocycles. The summed E-state index contributed by atoms with van der Waals surface area (Å²) in [6.45, 7) is 0. The van der Waals surface area contributed by atoms with Crippen molar-refractivity contribution in [2.45, 2.75) is 0 Å². The Morgan fingerprint density at radius 1 is 0.556 bits per heavy atom. The van der Waals surface area contributed by atoms with Crippen LogP contribution in [0.15, 0.2) is 66.7 Å². The standard InChI is InChI=1S/C18H11/c1-2-7-13(8-3-1)14-11-6-12-17-15-9-4-5-10-16(15)18(14)17/h2-12H. The molecule has 3 aromatic carbocycles. The van der Waals surface area contributed by atoms with Gasteiger partial charge in [-0.15, -0.1) is 0 Å². The molecule has 0 saturated carbocycles. The first-order valence-electron chi connectivity index (χ1n) is 6.14. The molecule has 0 atom stereocenters. The lowest BCUT2D eigenvalue weighted by Crippen LogP contribution is -2.00. The molecule has 18 heavy (non-hydrogen) atoms. The first kappa shape index (κ1) is 9.67. The van der Waals surface area contributed by atoms with Crippen LogP contribution in [-0.4, -0.2) is 0 Å². The predicted octanol–water partition coefficient (Wildman–Crippen LogP) is 4.80. The maximum Gasteiger partial charge on any atom is -0.00204 e. The Kier molecular flexibility index (Phi) is 1.92. The summed E-state index contributed by atoms with van der Waals surface area (Å²) in [4.78, 5) is 0. The Morgan fingerprint density at radius 3 is 2.06 bits per heavy atom. The summed E-state index contributed by atoms with van der Waals surface area (Å²) in [7, 11) is 0. The van der Waals surface area contributed by atoms with Crippen molar-refractivity contribution in [1.29, 1.82) is 0 Å². The first-order chi connectivity index (χ1) is 8.95. The van der Waals surface area contributed by atoms with Gasteiger partial charge in [0.1, 0.15) is 0 Å². The maximum absolute atomic E-state index is 3.07. The smallest absolute Gasteiger partial charge is 0.00204 e. The van der Waals surface area contributed by atoms with Crippen LogP contribution >= 0.6 is 0 Å². The predicted molar refractivity (Wildman–Crippen MR) is 75.1 cm³/mol. The summed E-state index contributed by atoms with van der Waals surface area (Å²) in [5.41, 5.74) is 8.09. The number of benzene rings is 3. The van der Waals surface area contributed by atoms with Gasteiger partial charge in [-0.25, -0.2) is 0 Å². The molecule has 0 fully saturated rings. The summed E-state index contributed by atoms with van der Waals surface area (Å²) < 4.78 is 0.